The molecule has 112 valence electrons. The maximum absolute atomic E-state index is 12.6. The Morgan fingerprint density at radius 3 is 2.81 bits per heavy atom. The minimum absolute atomic E-state index is 0.106. The quantitative estimate of drug-likeness (QED) is 0.889. The van der Waals surface area contributed by atoms with E-state index >= 15 is 0 Å². The zero-order valence-corrected chi connectivity index (χ0v) is 13.4. The molecule has 0 unspecified atom stereocenters. The fraction of sp³-hybridized carbons (Fsp3) is 0.400. The number of hydrogen-bond donors (Lipinski definition) is 1. The molecule has 0 radical (unpaired) electrons. The molecule has 0 atom stereocenters. The summed E-state index contributed by atoms with van der Waals surface area (Å²) in [6.07, 6.45) is 1.01. The van der Waals surface area contributed by atoms with Gasteiger partial charge >= 0.3 is 0 Å². The smallest absolute Gasteiger partial charge is 0.289 e. The summed E-state index contributed by atoms with van der Waals surface area (Å²) in [6.45, 7) is 7.48. The Morgan fingerprint density at radius 2 is 2.14 bits per heavy atom. The van der Waals surface area contributed by atoms with Crippen LogP contribution in [0.2, 0.25) is 0 Å². The highest BCUT2D eigenvalue weighted by molar-refractivity contribution is 7.17. The predicted molar refractivity (Wildman–Crippen MR) is 87.2 cm³/mol. The van der Waals surface area contributed by atoms with E-state index in [4.69, 9.17) is 0 Å². The van der Waals surface area contributed by atoms with Crippen LogP contribution in [0.5, 0.6) is 0 Å². The molecule has 5 nitrogen and oxygen atoms in total. The molecule has 0 saturated carbocycles. The molecule has 1 amide bonds. The molecule has 21 heavy (non-hydrogen) atoms. The fourth-order valence-electron chi connectivity index (χ4n) is 1.97. The van der Waals surface area contributed by atoms with Crippen LogP contribution in [0.25, 0.3) is 0 Å². The summed E-state index contributed by atoms with van der Waals surface area (Å²) in [4.78, 5) is 14.3. The molecular formula is C15H20N4OS. The van der Waals surface area contributed by atoms with Crippen molar-refractivity contribution in [3.8, 4) is 0 Å². The fourth-order valence-corrected chi connectivity index (χ4v) is 2.69. The highest BCUT2D eigenvalue weighted by Gasteiger charge is 2.20. The SMILES string of the molecule is CCCNc1nnc(C(=O)N(CC)c2cccc(C)c2)s1. The molecule has 2 aromatic rings. The highest BCUT2D eigenvalue weighted by Crippen LogP contribution is 2.22. The number of carbonyl (C=O) groups excluding carboxylic acids is 1. The Balaban J connectivity index is 2.18. The monoisotopic (exact) mass is 304 g/mol. The molecule has 0 fully saturated rings. The second-order valence-electron chi connectivity index (χ2n) is 4.73. The van der Waals surface area contributed by atoms with Gasteiger partial charge in [-0.3, -0.25) is 4.79 Å². The molecule has 6 heteroatoms. The molecule has 1 N–H and O–H groups in total. The average molecular weight is 304 g/mol. The van der Waals surface area contributed by atoms with Crippen LogP contribution in [0.15, 0.2) is 24.3 Å². The molecule has 0 aliphatic carbocycles. The normalized spacial score (nSPS) is 10.4. The van der Waals surface area contributed by atoms with Gasteiger partial charge in [-0.25, -0.2) is 0 Å². The Morgan fingerprint density at radius 1 is 1.33 bits per heavy atom. The lowest BCUT2D eigenvalue weighted by molar-refractivity contribution is 0.0987. The van der Waals surface area contributed by atoms with Gasteiger partial charge in [0.2, 0.25) is 10.1 Å². The summed E-state index contributed by atoms with van der Waals surface area (Å²) in [7, 11) is 0. The summed E-state index contributed by atoms with van der Waals surface area (Å²) < 4.78 is 0. The summed E-state index contributed by atoms with van der Waals surface area (Å²) in [5, 5.41) is 12.3. The first-order chi connectivity index (χ1) is 10.2. The first-order valence-corrected chi connectivity index (χ1v) is 7.93. The summed E-state index contributed by atoms with van der Waals surface area (Å²) in [6, 6.07) is 7.90. The third-order valence-electron chi connectivity index (χ3n) is 3.01. The molecule has 0 bridgehead atoms. The summed E-state index contributed by atoms with van der Waals surface area (Å²) in [5.41, 5.74) is 2.02. The van der Waals surface area contributed by atoms with E-state index in [0.717, 1.165) is 24.2 Å². The van der Waals surface area contributed by atoms with Crippen LogP contribution < -0.4 is 10.2 Å². The minimum Gasteiger partial charge on any atom is -0.360 e. The van der Waals surface area contributed by atoms with Crippen molar-refractivity contribution in [1.29, 1.82) is 0 Å². The second-order valence-corrected chi connectivity index (χ2v) is 5.71. The zero-order valence-electron chi connectivity index (χ0n) is 12.6. The van der Waals surface area contributed by atoms with Gasteiger partial charge in [0, 0.05) is 18.8 Å². The molecule has 1 aromatic carbocycles. The van der Waals surface area contributed by atoms with Gasteiger partial charge in [0.05, 0.1) is 0 Å². The van der Waals surface area contributed by atoms with Gasteiger partial charge in [0.1, 0.15) is 0 Å². The first-order valence-electron chi connectivity index (χ1n) is 7.11. The van der Waals surface area contributed by atoms with Gasteiger partial charge in [-0.05, 0) is 38.0 Å². The third kappa shape index (κ3) is 3.78. The molecule has 2 rings (SSSR count). The number of carbonyl (C=O) groups is 1. The van der Waals surface area contributed by atoms with Gasteiger partial charge in [-0.1, -0.05) is 30.4 Å². The first kappa shape index (κ1) is 15.4. The van der Waals surface area contributed by atoms with Crippen LogP contribution >= 0.6 is 11.3 Å². The maximum Gasteiger partial charge on any atom is 0.289 e. The molecular weight excluding hydrogens is 284 g/mol. The van der Waals surface area contributed by atoms with E-state index in [1.54, 1.807) is 4.90 Å². The van der Waals surface area contributed by atoms with E-state index in [-0.39, 0.29) is 5.91 Å². The van der Waals surface area contributed by atoms with Crippen molar-refractivity contribution in [2.24, 2.45) is 0 Å². The topological polar surface area (TPSA) is 58.1 Å². The molecule has 0 aliphatic heterocycles. The highest BCUT2D eigenvalue weighted by atomic mass is 32.1. The average Bonchev–Trinajstić information content (AvgIpc) is 2.94. The number of nitrogens with one attached hydrogen (secondary N) is 1. The minimum atomic E-state index is -0.106. The number of aryl methyl sites for hydroxylation is 1. The van der Waals surface area contributed by atoms with Gasteiger partial charge in [0.15, 0.2) is 0 Å². The second kappa shape index (κ2) is 7.17. The van der Waals surface area contributed by atoms with E-state index in [9.17, 15) is 4.79 Å². The molecule has 0 aliphatic rings. The maximum atomic E-state index is 12.6. The lowest BCUT2D eigenvalue weighted by atomic mass is 10.2. The van der Waals surface area contributed by atoms with Gasteiger partial charge < -0.3 is 10.2 Å². The van der Waals surface area contributed by atoms with Crippen LogP contribution in [-0.4, -0.2) is 29.2 Å². The Bertz CT molecular complexity index is 611. The number of hydrogen-bond acceptors (Lipinski definition) is 5. The van der Waals surface area contributed by atoms with Crippen molar-refractivity contribution < 1.29 is 4.79 Å². The Labute approximate surface area is 129 Å². The zero-order chi connectivity index (χ0) is 15.2. The van der Waals surface area contributed by atoms with Crippen molar-refractivity contribution in [2.45, 2.75) is 27.2 Å². The van der Waals surface area contributed by atoms with Crippen molar-refractivity contribution >= 4 is 28.1 Å². The standard InChI is InChI=1S/C15H20N4OS/c1-4-9-16-15-18-17-13(21-15)14(20)19(5-2)12-8-6-7-11(3)10-12/h6-8,10H,4-5,9H2,1-3H3,(H,16,18). The van der Waals surface area contributed by atoms with E-state index in [2.05, 4.69) is 22.4 Å². The number of aromatic nitrogens is 2. The van der Waals surface area contributed by atoms with Crippen molar-refractivity contribution in [2.75, 3.05) is 23.3 Å². The van der Waals surface area contributed by atoms with Crippen LogP contribution in [0.3, 0.4) is 0 Å². The number of benzene rings is 1. The van der Waals surface area contributed by atoms with E-state index in [1.165, 1.54) is 11.3 Å². The molecule has 1 heterocycles. The van der Waals surface area contributed by atoms with Gasteiger partial charge in [-0.2, -0.15) is 0 Å². The van der Waals surface area contributed by atoms with Gasteiger partial charge in [0.25, 0.3) is 5.91 Å². The molecule has 1 aromatic heterocycles. The third-order valence-corrected chi connectivity index (χ3v) is 3.88. The summed E-state index contributed by atoms with van der Waals surface area (Å²) in [5.74, 6) is -0.106. The van der Waals surface area contributed by atoms with Gasteiger partial charge in [-0.15, -0.1) is 10.2 Å². The summed E-state index contributed by atoms with van der Waals surface area (Å²) >= 11 is 1.30. The van der Waals surface area contributed by atoms with Crippen LogP contribution in [0.4, 0.5) is 10.8 Å². The largest absolute Gasteiger partial charge is 0.360 e. The van der Waals surface area contributed by atoms with E-state index in [1.807, 2.05) is 38.1 Å². The number of rotatable bonds is 6. The predicted octanol–water partition coefficient (Wildman–Crippen LogP) is 3.34. The van der Waals surface area contributed by atoms with Crippen molar-refractivity contribution in [3.63, 3.8) is 0 Å². The van der Waals surface area contributed by atoms with Crippen molar-refractivity contribution in [3.05, 3.63) is 34.8 Å². The Kier molecular flexibility index (Phi) is 5.27. The van der Waals surface area contributed by atoms with Crippen LogP contribution in [0.1, 0.15) is 35.6 Å². The number of nitrogens with zero attached hydrogens (tertiary/aromatic N) is 3. The number of amides is 1. The lowest BCUT2D eigenvalue weighted by Crippen LogP contribution is -2.30. The van der Waals surface area contributed by atoms with Crippen molar-refractivity contribution in [1.82, 2.24) is 10.2 Å². The van der Waals surface area contributed by atoms with Crippen LogP contribution in [-0.2, 0) is 0 Å². The molecule has 0 saturated heterocycles. The van der Waals surface area contributed by atoms with E-state index < -0.39 is 0 Å². The number of anilines is 2. The lowest BCUT2D eigenvalue weighted by Gasteiger charge is -2.19. The molecule has 0 spiro atoms. The Hall–Kier alpha value is -1.95. The van der Waals surface area contributed by atoms with Crippen LogP contribution in [0, 0.1) is 6.92 Å². The van der Waals surface area contributed by atoms with E-state index in [0.29, 0.717) is 16.7 Å².